The number of nitrogens with zero attached hydrogens (tertiary/aromatic N) is 4. The molecule has 2 fully saturated rings. The SMILES string of the molecule is CC(C)N1C(=O)N(Cc2nc[nH]c(=O)c2O)C[C@@H]1c1ccc(C#Cc2ccc(CN3CCOCC3)cc2)cc1. The molecule has 1 aromatic heterocycles. The van der Waals surface area contributed by atoms with Crippen LogP contribution in [0.1, 0.15) is 47.8 Å². The molecule has 2 saturated heterocycles. The number of H-pyrrole nitrogens is 1. The van der Waals surface area contributed by atoms with E-state index in [4.69, 9.17) is 4.74 Å². The number of aromatic nitrogens is 2. The third-order valence-electron chi connectivity index (χ3n) is 7.13. The normalized spacial score (nSPS) is 17.9. The number of amides is 2. The van der Waals surface area contributed by atoms with Crippen LogP contribution in [0.25, 0.3) is 0 Å². The summed E-state index contributed by atoms with van der Waals surface area (Å²) in [4.78, 5) is 37.2. The minimum absolute atomic E-state index is 0.0288. The van der Waals surface area contributed by atoms with Crippen LogP contribution in [0.4, 0.5) is 4.79 Å². The molecule has 0 spiro atoms. The molecule has 0 bridgehead atoms. The van der Waals surface area contributed by atoms with Gasteiger partial charge < -0.3 is 24.6 Å². The molecule has 0 saturated carbocycles. The summed E-state index contributed by atoms with van der Waals surface area (Å²) in [7, 11) is 0. The van der Waals surface area contributed by atoms with Crippen molar-refractivity contribution in [1.29, 1.82) is 0 Å². The molecule has 2 aromatic carbocycles. The van der Waals surface area contributed by atoms with Gasteiger partial charge in [-0.05, 0) is 49.2 Å². The van der Waals surface area contributed by atoms with Gasteiger partial charge in [-0.2, -0.15) is 0 Å². The Kier molecular flexibility index (Phi) is 7.96. The van der Waals surface area contributed by atoms with E-state index in [0.29, 0.717) is 6.54 Å². The van der Waals surface area contributed by atoms with Crippen molar-refractivity contribution in [3.63, 3.8) is 0 Å². The van der Waals surface area contributed by atoms with Gasteiger partial charge in [0.25, 0.3) is 5.56 Å². The summed E-state index contributed by atoms with van der Waals surface area (Å²) in [6.45, 7) is 8.89. The van der Waals surface area contributed by atoms with Crippen molar-refractivity contribution in [2.24, 2.45) is 0 Å². The lowest BCUT2D eigenvalue weighted by Gasteiger charge is -2.27. The van der Waals surface area contributed by atoms with Crippen molar-refractivity contribution in [1.82, 2.24) is 24.7 Å². The van der Waals surface area contributed by atoms with Crippen LogP contribution < -0.4 is 5.56 Å². The highest BCUT2D eigenvalue weighted by Gasteiger charge is 2.39. The second kappa shape index (κ2) is 11.7. The molecule has 0 radical (unpaired) electrons. The molecule has 3 heterocycles. The fraction of sp³-hybridized carbons (Fsp3) is 0.367. The van der Waals surface area contributed by atoms with Crippen molar-refractivity contribution in [3.05, 3.63) is 93.2 Å². The summed E-state index contributed by atoms with van der Waals surface area (Å²) < 4.78 is 5.42. The van der Waals surface area contributed by atoms with Crippen molar-refractivity contribution in [2.75, 3.05) is 32.8 Å². The Morgan fingerprint density at radius 1 is 1.00 bits per heavy atom. The lowest BCUT2D eigenvalue weighted by Crippen LogP contribution is -2.37. The number of hydrogen-bond acceptors (Lipinski definition) is 6. The molecule has 2 amide bonds. The molecule has 202 valence electrons. The quantitative estimate of drug-likeness (QED) is 0.478. The van der Waals surface area contributed by atoms with Gasteiger partial charge in [0.05, 0.1) is 32.1 Å². The van der Waals surface area contributed by atoms with E-state index in [0.717, 1.165) is 49.5 Å². The second-order valence-electron chi connectivity index (χ2n) is 10.2. The lowest BCUT2D eigenvalue weighted by atomic mass is 10.0. The average molecular weight is 528 g/mol. The monoisotopic (exact) mass is 527 g/mol. The van der Waals surface area contributed by atoms with Crippen LogP contribution in [0, 0.1) is 11.8 Å². The number of morpholine rings is 1. The largest absolute Gasteiger partial charge is 0.502 e. The fourth-order valence-electron chi connectivity index (χ4n) is 5.02. The van der Waals surface area contributed by atoms with Gasteiger partial charge in [0.2, 0.25) is 5.75 Å². The third-order valence-corrected chi connectivity index (χ3v) is 7.13. The van der Waals surface area contributed by atoms with Gasteiger partial charge in [0.1, 0.15) is 5.69 Å². The van der Waals surface area contributed by atoms with E-state index in [-0.39, 0.29) is 30.4 Å². The molecule has 2 aliphatic heterocycles. The number of nitrogens with one attached hydrogen (secondary N) is 1. The molecular weight excluding hydrogens is 494 g/mol. The van der Waals surface area contributed by atoms with Gasteiger partial charge in [-0.3, -0.25) is 9.69 Å². The number of carbonyl (C=O) groups excluding carboxylic acids is 1. The predicted octanol–water partition coefficient (Wildman–Crippen LogP) is 3.09. The van der Waals surface area contributed by atoms with Gasteiger partial charge >= 0.3 is 6.03 Å². The molecule has 9 nitrogen and oxygen atoms in total. The van der Waals surface area contributed by atoms with Crippen molar-refractivity contribution in [2.45, 2.75) is 39.0 Å². The van der Waals surface area contributed by atoms with Crippen LogP contribution in [0.5, 0.6) is 5.75 Å². The first-order chi connectivity index (χ1) is 18.9. The highest BCUT2D eigenvalue weighted by molar-refractivity contribution is 5.78. The number of hydrogen-bond donors (Lipinski definition) is 2. The highest BCUT2D eigenvalue weighted by atomic mass is 16.5. The van der Waals surface area contributed by atoms with E-state index in [1.54, 1.807) is 4.90 Å². The standard InChI is InChI=1S/C30H33N5O4/c1-21(2)35-27(19-34(30(35)38)18-26-28(36)29(37)32-20-31-26)25-11-9-23(10-12-25)4-3-22-5-7-24(8-6-22)17-33-13-15-39-16-14-33/h5-12,20-21,27,36H,13-19H2,1-2H3,(H,31,32,37)/t27-/m1/s1. The Morgan fingerprint density at radius 2 is 1.64 bits per heavy atom. The summed E-state index contributed by atoms with van der Waals surface area (Å²) >= 11 is 0. The van der Waals surface area contributed by atoms with E-state index in [9.17, 15) is 14.7 Å². The Balaban J connectivity index is 1.26. The Labute approximate surface area is 228 Å². The number of rotatable bonds is 6. The van der Waals surface area contributed by atoms with Gasteiger partial charge in [-0.1, -0.05) is 36.1 Å². The van der Waals surface area contributed by atoms with Crippen LogP contribution in [-0.2, 0) is 17.8 Å². The zero-order valence-corrected chi connectivity index (χ0v) is 22.3. The van der Waals surface area contributed by atoms with E-state index in [2.05, 4.69) is 51.0 Å². The molecule has 5 rings (SSSR count). The number of aromatic hydroxyl groups is 1. The Hall–Kier alpha value is -4.13. The minimum Gasteiger partial charge on any atom is -0.502 e. The molecule has 0 aliphatic carbocycles. The second-order valence-corrected chi connectivity index (χ2v) is 10.2. The van der Waals surface area contributed by atoms with Crippen LogP contribution in [0.3, 0.4) is 0 Å². The van der Waals surface area contributed by atoms with E-state index < -0.39 is 11.3 Å². The molecule has 2 aliphatic rings. The van der Waals surface area contributed by atoms with Crippen molar-refractivity contribution in [3.8, 4) is 17.6 Å². The number of urea groups is 1. The summed E-state index contributed by atoms with van der Waals surface area (Å²) in [6.07, 6.45) is 1.23. The number of carbonyl (C=O) groups is 1. The molecule has 0 unspecified atom stereocenters. The maximum atomic E-state index is 13.2. The van der Waals surface area contributed by atoms with Gasteiger partial charge in [0.15, 0.2) is 0 Å². The van der Waals surface area contributed by atoms with Crippen molar-refractivity contribution >= 4 is 6.03 Å². The topological polar surface area (TPSA) is 102 Å². The summed E-state index contributed by atoms with van der Waals surface area (Å²) in [5.41, 5.74) is 3.68. The minimum atomic E-state index is -0.621. The van der Waals surface area contributed by atoms with Gasteiger partial charge in [-0.15, -0.1) is 0 Å². The van der Waals surface area contributed by atoms with Gasteiger partial charge in [-0.25, -0.2) is 9.78 Å². The maximum absolute atomic E-state index is 13.2. The lowest BCUT2D eigenvalue weighted by molar-refractivity contribution is 0.0342. The average Bonchev–Trinajstić information content (AvgIpc) is 3.27. The molecular formula is C30H33N5O4. The van der Waals surface area contributed by atoms with E-state index in [1.165, 1.54) is 11.9 Å². The first-order valence-electron chi connectivity index (χ1n) is 13.2. The number of ether oxygens (including phenoxy) is 1. The van der Waals surface area contributed by atoms with Crippen LogP contribution >= 0.6 is 0 Å². The first kappa shape index (κ1) is 26.5. The zero-order valence-electron chi connectivity index (χ0n) is 22.3. The Morgan fingerprint density at radius 3 is 2.28 bits per heavy atom. The van der Waals surface area contributed by atoms with Crippen LogP contribution in [0.2, 0.25) is 0 Å². The molecule has 39 heavy (non-hydrogen) atoms. The summed E-state index contributed by atoms with van der Waals surface area (Å²) in [5, 5.41) is 10.1. The summed E-state index contributed by atoms with van der Waals surface area (Å²) in [6, 6.07) is 16.0. The Bertz CT molecular complexity index is 1420. The first-order valence-corrected chi connectivity index (χ1v) is 13.2. The molecule has 2 N–H and O–H groups in total. The molecule has 9 heteroatoms. The predicted molar refractivity (Wildman–Crippen MR) is 147 cm³/mol. The fourth-order valence-corrected chi connectivity index (χ4v) is 5.02. The van der Waals surface area contributed by atoms with Gasteiger partial charge in [0, 0.05) is 43.3 Å². The van der Waals surface area contributed by atoms with Crippen LogP contribution in [0.15, 0.2) is 59.7 Å². The summed E-state index contributed by atoms with van der Waals surface area (Å²) in [5.74, 6) is 6.02. The molecule has 1 atom stereocenters. The van der Waals surface area contributed by atoms with Crippen molar-refractivity contribution < 1.29 is 14.6 Å². The third kappa shape index (κ3) is 6.14. The number of benzene rings is 2. The smallest absolute Gasteiger partial charge is 0.321 e. The van der Waals surface area contributed by atoms with E-state index in [1.807, 2.05) is 43.0 Å². The van der Waals surface area contributed by atoms with E-state index >= 15 is 0 Å². The number of aromatic amines is 1. The zero-order chi connectivity index (χ0) is 27.4. The maximum Gasteiger partial charge on any atom is 0.321 e. The van der Waals surface area contributed by atoms with Crippen LogP contribution in [-0.4, -0.2) is 74.7 Å². The highest BCUT2D eigenvalue weighted by Crippen LogP contribution is 2.33. The molecule has 3 aromatic rings.